The van der Waals surface area contributed by atoms with E-state index in [0.29, 0.717) is 6.04 Å². The maximum absolute atomic E-state index is 4.40. The first-order chi connectivity index (χ1) is 8.99. The molecular formula is C14H17Br2N3. The Hall–Kier alpha value is -0.650. The zero-order chi connectivity index (χ0) is 14.0. The fraction of sp³-hybridized carbons (Fsp3) is 0.357. The Morgan fingerprint density at radius 3 is 2.42 bits per heavy atom. The Balaban J connectivity index is 2.04. The quantitative estimate of drug-likeness (QED) is 0.856. The van der Waals surface area contributed by atoms with Gasteiger partial charge in [-0.25, -0.2) is 0 Å². The van der Waals surface area contributed by atoms with Crippen LogP contribution in [-0.4, -0.2) is 9.78 Å². The molecule has 1 aromatic carbocycles. The third-order valence-electron chi connectivity index (χ3n) is 3.21. The minimum absolute atomic E-state index is 0.301. The van der Waals surface area contributed by atoms with Crippen molar-refractivity contribution in [3.05, 3.63) is 50.2 Å². The second kappa shape index (κ2) is 6.20. The summed E-state index contributed by atoms with van der Waals surface area (Å²) in [4.78, 5) is 0. The van der Waals surface area contributed by atoms with Gasteiger partial charge in [0, 0.05) is 24.1 Å². The Morgan fingerprint density at radius 2 is 1.89 bits per heavy atom. The van der Waals surface area contributed by atoms with E-state index in [1.165, 1.54) is 11.3 Å². The van der Waals surface area contributed by atoms with Gasteiger partial charge in [0.15, 0.2) is 0 Å². The molecule has 0 fully saturated rings. The number of benzene rings is 1. The van der Waals surface area contributed by atoms with E-state index in [9.17, 15) is 0 Å². The van der Waals surface area contributed by atoms with Gasteiger partial charge in [-0.1, -0.05) is 28.1 Å². The number of rotatable bonds is 4. The lowest BCUT2D eigenvalue weighted by molar-refractivity contribution is 0.547. The van der Waals surface area contributed by atoms with E-state index >= 15 is 0 Å². The number of aromatic nitrogens is 2. The van der Waals surface area contributed by atoms with E-state index in [0.717, 1.165) is 21.2 Å². The topological polar surface area (TPSA) is 29.9 Å². The minimum Gasteiger partial charge on any atom is -0.305 e. The predicted molar refractivity (Wildman–Crippen MR) is 85.0 cm³/mol. The molecule has 0 aliphatic heterocycles. The van der Waals surface area contributed by atoms with Crippen LogP contribution in [0.25, 0.3) is 0 Å². The first kappa shape index (κ1) is 14.8. The largest absolute Gasteiger partial charge is 0.305 e. The number of halogens is 2. The number of aryl methyl sites for hydroxylation is 2. The Bertz CT molecular complexity index is 561. The average molecular weight is 387 g/mol. The van der Waals surface area contributed by atoms with Gasteiger partial charge in [0.25, 0.3) is 0 Å². The van der Waals surface area contributed by atoms with Gasteiger partial charge in [0.2, 0.25) is 0 Å². The van der Waals surface area contributed by atoms with Crippen LogP contribution in [0.2, 0.25) is 0 Å². The van der Waals surface area contributed by atoms with Crippen LogP contribution in [0.4, 0.5) is 0 Å². The highest BCUT2D eigenvalue weighted by Gasteiger charge is 2.12. The fourth-order valence-electron chi connectivity index (χ4n) is 1.99. The predicted octanol–water partition coefficient (Wildman–Crippen LogP) is 4.10. The summed E-state index contributed by atoms with van der Waals surface area (Å²) in [6, 6.07) is 8.70. The maximum atomic E-state index is 4.40. The van der Waals surface area contributed by atoms with E-state index in [-0.39, 0.29) is 0 Å². The first-order valence-electron chi connectivity index (χ1n) is 6.16. The smallest absolute Gasteiger partial charge is 0.0739 e. The third kappa shape index (κ3) is 3.46. The van der Waals surface area contributed by atoms with Gasteiger partial charge >= 0.3 is 0 Å². The second-order valence-electron chi connectivity index (χ2n) is 4.62. The molecule has 3 nitrogen and oxygen atoms in total. The Morgan fingerprint density at radius 1 is 1.26 bits per heavy atom. The Kier molecular flexibility index (Phi) is 4.81. The van der Waals surface area contributed by atoms with Crippen LogP contribution in [0, 0.1) is 6.92 Å². The molecule has 1 aromatic heterocycles. The molecule has 102 valence electrons. The van der Waals surface area contributed by atoms with Crippen LogP contribution >= 0.6 is 31.9 Å². The summed E-state index contributed by atoms with van der Waals surface area (Å²) in [5.41, 5.74) is 3.47. The highest BCUT2D eigenvalue weighted by Crippen LogP contribution is 2.21. The fourth-order valence-corrected chi connectivity index (χ4v) is 2.73. The lowest BCUT2D eigenvalue weighted by Gasteiger charge is -2.14. The molecule has 1 heterocycles. The zero-order valence-electron chi connectivity index (χ0n) is 11.2. The van der Waals surface area contributed by atoms with Crippen LogP contribution in [0.1, 0.15) is 29.9 Å². The Labute approximate surface area is 130 Å². The lowest BCUT2D eigenvalue weighted by atomic mass is 10.1. The number of nitrogens with zero attached hydrogens (tertiary/aromatic N) is 2. The summed E-state index contributed by atoms with van der Waals surface area (Å²) >= 11 is 7.04. The van der Waals surface area contributed by atoms with Crippen LogP contribution in [0.5, 0.6) is 0 Å². The molecule has 19 heavy (non-hydrogen) atoms. The normalized spacial score (nSPS) is 12.7. The van der Waals surface area contributed by atoms with Crippen LogP contribution < -0.4 is 5.32 Å². The molecule has 0 saturated carbocycles. The highest BCUT2D eigenvalue weighted by atomic mass is 79.9. The van der Waals surface area contributed by atoms with Gasteiger partial charge in [0.1, 0.15) is 0 Å². The number of nitrogens with one attached hydrogen (secondary N) is 1. The molecule has 0 saturated heterocycles. The molecule has 0 amide bonds. The van der Waals surface area contributed by atoms with E-state index in [4.69, 9.17) is 0 Å². The standard InChI is InChI=1S/C14H17Br2N3/c1-9(11-4-6-12(15)7-5-11)17-8-13-14(16)10(2)18-19(13)3/h4-7,9,17H,8H2,1-3H3/t9-/m0/s1. The zero-order valence-corrected chi connectivity index (χ0v) is 14.4. The van der Waals surface area contributed by atoms with Gasteiger partial charge in [-0.3, -0.25) is 4.68 Å². The van der Waals surface area contributed by atoms with Crippen molar-refractivity contribution in [2.45, 2.75) is 26.4 Å². The molecule has 0 unspecified atom stereocenters. The summed E-state index contributed by atoms with van der Waals surface area (Å²) in [6.45, 7) is 4.96. The van der Waals surface area contributed by atoms with Gasteiger partial charge in [0.05, 0.1) is 15.9 Å². The molecule has 0 radical (unpaired) electrons. The highest BCUT2D eigenvalue weighted by molar-refractivity contribution is 9.10. The van der Waals surface area contributed by atoms with Gasteiger partial charge in [-0.05, 0) is 47.5 Å². The first-order valence-corrected chi connectivity index (χ1v) is 7.74. The van der Waals surface area contributed by atoms with Crippen molar-refractivity contribution >= 4 is 31.9 Å². The average Bonchev–Trinajstić information content (AvgIpc) is 2.62. The van der Waals surface area contributed by atoms with E-state index < -0.39 is 0 Å². The van der Waals surface area contributed by atoms with Crippen LogP contribution in [-0.2, 0) is 13.6 Å². The number of hydrogen-bond acceptors (Lipinski definition) is 2. The molecule has 1 N–H and O–H groups in total. The van der Waals surface area contributed by atoms with Crippen LogP contribution in [0.15, 0.2) is 33.2 Å². The summed E-state index contributed by atoms with van der Waals surface area (Å²) in [5, 5.41) is 7.92. The van der Waals surface area contributed by atoms with E-state index in [1.54, 1.807) is 0 Å². The van der Waals surface area contributed by atoms with Gasteiger partial charge in [-0.2, -0.15) is 5.10 Å². The summed E-state index contributed by atoms with van der Waals surface area (Å²) < 4.78 is 4.11. The molecule has 0 aliphatic rings. The molecule has 0 spiro atoms. The molecule has 1 atom stereocenters. The van der Waals surface area contributed by atoms with Crippen molar-refractivity contribution in [1.29, 1.82) is 0 Å². The van der Waals surface area contributed by atoms with Gasteiger partial charge in [-0.15, -0.1) is 0 Å². The summed E-state index contributed by atoms with van der Waals surface area (Å²) in [5.74, 6) is 0. The minimum atomic E-state index is 0.301. The van der Waals surface area contributed by atoms with Crippen molar-refractivity contribution in [1.82, 2.24) is 15.1 Å². The summed E-state index contributed by atoms with van der Waals surface area (Å²) in [7, 11) is 1.97. The van der Waals surface area contributed by atoms with Crippen molar-refractivity contribution in [2.24, 2.45) is 7.05 Å². The lowest BCUT2D eigenvalue weighted by Crippen LogP contribution is -2.20. The SMILES string of the molecule is Cc1nn(C)c(CN[C@@H](C)c2ccc(Br)cc2)c1Br. The van der Waals surface area contributed by atoms with Crippen molar-refractivity contribution in [3.63, 3.8) is 0 Å². The number of hydrogen-bond donors (Lipinski definition) is 1. The third-order valence-corrected chi connectivity index (χ3v) is 4.77. The van der Waals surface area contributed by atoms with Crippen molar-refractivity contribution in [3.8, 4) is 0 Å². The maximum Gasteiger partial charge on any atom is 0.0739 e. The molecule has 2 rings (SSSR count). The molecule has 2 aromatic rings. The molecule has 5 heteroatoms. The molecule has 0 bridgehead atoms. The van der Waals surface area contributed by atoms with Crippen molar-refractivity contribution in [2.75, 3.05) is 0 Å². The summed E-state index contributed by atoms with van der Waals surface area (Å²) in [6.07, 6.45) is 0. The van der Waals surface area contributed by atoms with E-state index in [1.807, 2.05) is 18.7 Å². The monoisotopic (exact) mass is 385 g/mol. The van der Waals surface area contributed by atoms with Crippen molar-refractivity contribution < 1.29 is 0 Å². The molecule has 0 aliphatic carbocycles. The molecular weight excluding hydrogens is 370 g/mol. The van der Waals surface area contributed by atoms with Gasteiger partial charge < -0.3 is 5.32 Å². The second-order valence-corrected chi connectivity index (χ2v) is 6.33. The van der Waals surface area contributed by atoms with E-state index in [2.05, 4.69) is 73.5 Å². The van der Waals surface area contributed by atoms with Crippen LogP contribution in [0.3, 0.4) is 0 Å².